The van der Waals surface area contributed by atoms with Crippen molar-refractivity contribution < 1.29 is 9.47 Å². The number of hydrogen-bond acceptors (Lipinski definition) is 2. The molecule has 0 aromatic heterocycles. The van der Waals surface area contributed by atoms with Gasteiger partial charge in [0.05, 0.1) is 0 Å². The maximum absolute atomic E-state index is 6.32. The Morgan fingerprint density at radius 1 is 1.00 bits per heavy atom. The Morgan fingerprint density at radius 3 is 2.20 bits per heavy atom. The molecule has 0 N–H and O–H groups in total. The van der Waals surface area contributed by atoms with Gasteiger partial charge in [0.1, 0.15) is 5.75 Å². The standard InChI is InChI=1S/C27H35O2P/c1-19-16-23(26(4,5)6)25(29-18-28-8)24(17-19)30(22-12-10-9-11-13-22)27(7)15-14-20(2)21(27)3/h9-17H,18H2,1-8H3. The molecule has 160 valence electrons. The average molecular weight is 423 g/mol. The summed E-state index contributed by atoms with van der Waals surface area (Å²) in [4.78, 5) is 0. The van der Waals surface area contributed by atoms with E-state index in [4.69, 9.17) is 9.47 Å². The third-order valence-electron chi connectivity index (χ3n) is 6.07. The second-order valence-corrected chi connectivity index (χ2v) is 12.0. The van der Waals surface area contributed by atoms with Crippen LogP contribution in [0.1, 0.15) is 52.7 Å². The van der Waals surface area contributed by atoms with Crippen molar-refractivity contribution in [3.8, 4) is 5.75 Å². The lowest BCUT2D eigenvalue weighted by Crippen LogP contribution is -2.33. The summed E-state index contributed by atoms with van der Waals surface area (Å²) in [5.41, 5.74) is 5.28. The van der Waals surface area contributed by atoms with Crippen LogP contribution in [-0.2, 0) is 10.2 Å². The van der Waals surface area contributed by atoms with Crippen molar-refractivity contribution in [1.29, 1.82) is 0 Å². The highest BCUT2D eigenvalue weighted by Crippen LogP contribution is 2.57. The molecule has 3 rings (SSSR count). The first kappa shape index (κ1) is 22.8. The molecular formula is C27H35O2P. The molecule has 0 fully saturated rings. The van der Waals surface area contributed by atoms with Gasteiger partial charge in [0.15, 0.2) is 6.79 Å². The molecular weight excluding hydrogens is 387 g/mol. The minimum absolute atomic E-state index is 0.0330. The maximum atomic E-state index is 6.32. The Hall–Kier alpha value is -1.89. The Bertz CT molecular complexity index is 966. The van der Waals surface area contributed by atoms with Crippen LogP contribution in [-0.4, -0.2) is 19.1 Å². The zero-order valence-electron chi connectivity index (χ0n) is 19.7. The van der Waals surface area contributed by atoms with Crippen molar-refractivity contribution in [2.24, 2.45) is 0 Å². The van der Waals surface area contributed by atoms with E-state index in [-0.39, 0.29) is 17.4 Å². The minimum atomic E-state index is -0.742. The molecule has 0 radical (unpaired) electrons. The van der Waals surface area contributed by atoms with E-state index in [1.165, 1.54) is 32.9 Å². The number of rotatable bonds is 6. The summed E-state index contributed by atoms with van der Waals surface area (Å²) in [6.07, 6.45) is 4.68. The number of allylic oxidation sites excluding steroid dienone is 4. The van der Waals surface area contributed by atoms with E-state index in [1.54, 1.807) is 7.11 Å². The number of benzene rings is 2. The summed E-state index contributed by atoms with van der Waals surface area (Å²) in [5, 5.41) is 2.59. The number of ether oxygens (including phenoxy) is 2. The summed E-state index contributed by atoms with van der Waals surface area (Å²) in [7, 11) is 0.940. The van der Waals surface area contributed by atoms with Gasteiger partial charge in [-0.05, 0) is 58.0 Å². The first-order chi connectivity index (χ1) is 14.1. The Balaban J connectivity index is 2.34. The van der Waals surface area contributed by atoms with E-state index in [1.807, 2.05) is 0 Å². The van der Waals surface area contributed by atoms with Gasteiger partial charge in [-0.25, -0.2) is 0 Å². The molecule has 0 saturated carbocycles. The lowest BCUT2D eigenvalue weighted by atomic mass is 9.85. The third-order valence-corrected chi connectivity index (χ3v) is 9.11. The van der Waals surface area contributed by atoms with Crippen LogP contribution >= 0.6 is 7.92 Å². The molecule has 1 aliphatic rings. The van der Waals surface area contributed by atoms with Crippen molar-refractivity contribution in [2.45, 2.75) is 59.0 Å². The minimum Gasteiger partial charge on any atom is -0.467 e. The first-order valence-electron chi connectivity index (χ1n) is 10.6. The van der Waals surface area contributed by atoms with Crippen LogP contribution in [0.3, 0.4) is 0 Å². The van der Waals surface area contributed by atoms with Gasteiger partial charge in [-0.3, -0.25) is 0 Å². The van der Waals surface area contributed by atoms with Crippen LogP contribution in [0, 0.1) is 6.92 Å². The smallest absolute Gasteiger partial charge is 0.188 e. The molecule has 0 aliphatic heterocycles. The van der Waals surface area contributed by atoms with Gasteiger partial charge in [0.2, 0.25) is 0 Å². The molecule has 0 spiro atoms. The van der Waals surface area contributed by atoms with Crippen molar-refractivity contribution >= 4 is 18.5 Å². The van der Waals surface area contributed by atoms with Crippen LogP contribution in [0.25, 0.3) is 0 Å². The quantitative estimate of drug-likeness (QED) is 0.398. The van der Waals surface area contributed by atoms with E-state index < -0.39 is 7.92 Å². The van der Waals surface area contributed by atoms with E-state index in [2.05, 4.69) is 103 Å². The van der Waals surface area contributed by atoms with Crippen molar-refractivity contribution in [1.82, 2.24) is 0 Å². The Labute approximate surface area is 183 Å². The highest BCUT2D eigenvalue weighted by molar-refractivity contribution is 7.75. The lowest BCUT2D eigenvalue weighted by Gasteiger charge is -2.38. The van der Waals surface area contributed by atoms with E-state index in [0.29, 0.717) is 0 Å². The van der Waals surface area contributed by atoms with Crippen LogP contribution in [0.5, 0.6) is 5.75 Å². The fourth-order valence-corrected chi connectivity index (χ4v) is 7.40. The summed E-state index contributed by atoms with van der Waals surface area (Å²) in [5.74, 6) is 0.983. The summed E-state index contributed by atoms with van der Waals surface area (Å²) < 4.78 is 11.7. The second kappa shape index (κ2) is 8.69. The summed E-state index contributed by atoms with van der Waals surface area (Å²) in [6, 6.07) is 15.5. The molecule has 2 unspecified atom stereocenters. The lowest BCUT2D eigenvalue weighted by molar-refractivity contribution is 0.0506. The van der Waals surface area contributed by atoms with Crippen molar-refractivity contribution in [3.63, 3.8) is 0 Å². The largest absolute Gasteiger partial charge is 0.467 e. The normalized spacial score (nSPS) is 20.0. The predicted octanol–water partition coefficient (Wildman–Crippen LogP) is 6.37. The number of hydrogen-bond donors (Lipinski definition) is 0. The zero-order chi connectivity index (χ0) is 22.1. The molecule has 2 aromatic carbocycles. The zero-order valence-corrected chi connectivity index (χ0v) is 20.6. The molecule has 0 heterocycles. The highest BCUT2D eigenvalue weighted by atomic mass is 31.1. The first-order valence-corrected chi connectivity index (χ1v) is 11.9. The molecule has 3 heteroatoms. The molecule has 2 aromatic rings. The molecule has 1 aliphatic carbocycles. The Kier molecular flexibility index (Phi) is 6.60. The van der Waals surface area contributed by atoms with Gasteiger partial charge in [-0.15, -0.1) is 0 Å². The van der Waals surface area contributed by atoms with Gasteiger partial charge >= 0.3 is 0 Å². The fraction of sp³-hybridized carbons (Fsp3) is 0.407. The van der Waals surface area contributed by atoms with Crippen LogP contribution in [0.15, 0.2) is 65.8 Å². The van der Waals surface area contributed by atoms with Crippen LogP contribution in [0.4, 0.5) is 0 Å². The Morgan fingerprint density at radius 2 is 1.67 bits per heavy atom. The van der Waals surface area contributed by atoms with Crippen molar-refractivity contribution in [3.05, 3.63) is 76.9 Å². The van der Waals surface area contributed by atoms with Crippen LogP contribution < -0.4 is 15.3 Å². The summed E-state index contributed by atoms with van der Waals surface area (Å²) >= 11 is 0. The topological polar surface area (TPSA) is 18.5 Å². The van der Waals surface area contributed by atoms with Crippen LogP contribution in [0.2, 0.25) is 0 Å². The SMILES string of the molecule is COCOc1c(P(c2ccccc2)C2(C)C=CC(C)=C2C)cc(C)cc1C(C)(C)C. The number of methoxy groups -OCH3 is 1. The molecule has 30 heavy (non-hydrogen) atoms. The molecule has 0 bridgehead atoms. The molecule has 0 saturated heterocycles. The molecule has 2 atom stereocenters. The highest BCUT2D eigenvalue weighted by Gasteiger charge is 2.41. The second-order valence-electron chi connectivity index (χ2n) is 9.42. The summed E-state index contributed by atoms with van der Waals surface area (Å²) in [6.45, 7) is 16.1. The molecule has 0 amide bonds. The van der Waals surface area contributed by atoms with E-state index >= 15 is 0 Å². The maximum Gasteiger partial charge on any atom is 0.188 e. The average Bonchev–Trinajstić information content (AvgIpc) is 2.95. The van der Waals surface area contributed by atoms with E-state index in [0.717, 1.165) is 5.75 Å². The van der Waals surface area contributed by atoms with Gasteiger partial charge in [0, 0.05) is 23.1 Å². The van der Waals surface area contributed by atoms with Crippen molar-refractivity contribution in [2.75, 3.05) is 13.9 Å². The van der Waals surface area contributed by atoms with Gasteiger partial charge in [0.25, 0.3) is 0 Å². The monoisotopic (exact) mass is 422 g/mol. The third kappa shape index (κ3) is 4.27. The van der Waals surface area contributed by atoms with Gasteiger partial charge in [-0.2, -0.15) is 0 Å². The predicted molar refractivity (Wildman–Crippen MR) is 131 cm³/mol. The number of aryl methyl sites for hydroxylation is 1. The van der Waals surface area contributed by atoms with E-state index in [9.17, 15) is 0 Å². The molecule has 2 nitrogen and oxygen atoms in total. The van der Waals surface area contributed by atoms with Gasteiger partial charge in [-0.1, -0.05) is 80.5 Å². The fourth-order valence-electron chi connectivity index (χ4n) is 4.16. The van der Waals surface area contributed by atoms with Gasteiger partial charge < -0.3 is 9.47 Å².